The first-order chi connectivity index (χ1) is 9.71. The van der Waals surface area contributed by atoms with Crippen molar-refractivity contribution >= 4 is 5.69 Å². The second kappa shape index (κ2) is 7.65. The molecule has 0 aromatic heterocycles. The van der Waals surface area contributed by atoms with Crippen molar-refractivity contribution in [3.8, 4) is 0 Å². The fourth-order valence-electron chi connectivity index (χ4n) is 2.92. The Bertz CT molecular complexity index is 396. The average molecular weight is 276 g/mol. The van der Waals surface area contributed by atoms with Gasteiger partial charge in [-0.3, -0.25) is 4.90 Å². The van der Waals surface area contributed by atoms with Gasteiger partial charge in [0.15, 0.2) is 0 Å². The molecule has 3 nitrogen and oxygen atoms in total. The molecule has 1 aliphatic carbocycles. The molecule has 1 aliphatic rings. The van der Waals surface area contributed by atoms with E-state index >= 15 is 0 Å². The fourth-order valence-corrected chi connectivity index (χ4v) is 2.92. The molecule has 0 heterocycles. The maximum absolute atomic E-state index is 9.56. The van der Waals surface area contributed by atoms with Crippen LogP contribution < -0.4 is 5.32 Å². The zero-order valence-corrected chi connectivity index (χ0v) is 12.8. The van der Waals surface area contributed by atoms with Crippen molar-refractivity contribution in [2.45, 2.75) is 58.2 Å². The summed E-state index contributed by atoms with van der Waals surface area (Å²) in [6, 6.07) is 9.27. The van der Waals surface area contributed by atoms with Crippen molar-refractivity contribution in [1.82, 2.24) is 4.90 Å². The maximum Gasteiger partial charge on any atom is 0.0541 e. The predicted octanol–water partition coefficient (Wildman–Crippen LogP) is 3.24. The van der Waals surface area contributed by atoms with Crippen molar-refractivity contribution in [3.63, 3.8) is 0 Å². The van der Waals surface area contributed by atoms with Gasteiger partial charge >= 0.3 is 0 Å². The Morgan fingerprint density at radius 3 is 2.50 bits per heavy atom. The highest BCUT2D eigenvalue weighted by molar-refractivity contribution is 5.46. The summed E-state index contributed by atoms with van der Waals surface area (Å²) < 4.78 is 0. The molecule has 112 valence electrons. The van der Waals surface area contributed by atoms with Gasteiger partial charge in [0, 0.05) is 18.3 Å². The van der Waals surface area contributed by atoms with Crippen LogP contribution in [0, 0.1) is 0 Å². The molecule has 1 saturated carbocycles. The lowest BCUT2D eigenvalue weighted by Crippen LogP contribution is -2.28. The molecule has 0 bridgehead atoms. The number of hydrogen-bond acceptors (Lipinski definition) is 3. The third-order valence-corrected chi connectivity index (χ3v) is 4.30. The summed E-state index contributed by atoms with van der Waals surface area (Å²) in [6.07, 6.45) is 3.92. The van der Waals surface area contributed by atoms with E-state index in [0.717, 1.165) is 45.3 Å². The minimum absolute atomic E-state index is 0.0814. The topological polar surface area (TPSA) is 35.5 Å². The van der Waals surface area contributed by atoms with Gasteiger partial charge in [-0.15, -0.1) is 0 Å². The summed E-state index contributed by atoms with van der Waals surface area (Å²) in [7, 11) is 0. The summed E-state index contributed by atoms with van der Waals surface area (Å²) >= 11 is 0. The van der Waals surface area contributed by atoms with Crippen LogP contribution in [-0.2, 0) is 6.54 Å². The monoisotopic (exact) mass is 276 g/mol. The van der Waals surface area contributed by atoms with Crippen LogP contribution in [0.1, 0.15) is 45.1 Å². The normalized spacial score (nSPS) is 23.0. The van der Waals surface area contributed by atoms with E-state index in [1.807, 2.05) is 0 Å². The molecule has 2 rings (SSSR count). The third-order valence-electron chi connectivity index (χ3n) is 4.30. The van der Waals surface area contributed by atoms with Crippen LogP contribution in [0.4, 0.5) is 5.69 Å². The van der Waals surface area contributed by atoms with Crippen molar-refractivity contribution in [2.75, 3.05) is 18.4 Å². The Labute approximate surface area is 123 Å². The highest BCUT2D eigenvalue weighted by Gasteiger charge is 2.18. The van der Waals surface area contributed by atoms with Gasteiger partial charge < -0.3 is 10.4 Å². The van der Waals surface area contributed by atoms with Gasteiger partial charge in [0.25, 0.3) is 0 Å². The molecule has 2 N–H and O–H groups in total. The van der Waals surface area contributed by atoms with Crippen molar-refractivity contribution in [2.24, 2.45) is 0 Å². The molecule has 3 heteroatoms. The van der Waals surface area contributed by atoms with Crippen molar-refractivity contribution < 1.29 is 5.11 Å². The summed E-state index contributed by atoms with van der Waals surface area (Å²) in [5.41, 5.74) is 2.59. The van der Waals surface area contributed by atoms with E-state index in [0.29, 0.717) is 6.04 Å². The van der Waals surface area contributed by atoms with Crippen LogP contribution in [0.5, 0.6) is 0 Å². The van der Waals surface area contributed by atoms with Gasteiger partial charge in [0.2, 0.25) is 0 Å². The van der Waals surface area contributed by atoms with Crippen LogP contribution in [0.15, 0.2) is 24.3 Å². The van der Waals surface area contributed by atoms with E-state index in [9.17, 15) is 5.11 Å². The zero-order valence-electron chi connectivity index (χ0n) is 12.8. The molecule has 1 fully saturated rings. The number of anilines is 1. The lowest BCUT2D eigenvalue weighted by molar-refractivity contribution is 0.126. The number of rotatable bonds is 6. The standard InChI is InChI=1S/C17H28N2O/c1-3-19(4-2)13-14-6-5-7-16(12-14)18-15-8-10-17(20)11-9-15/h5-7,12,15,17-18,20H,3-4,8-11,13H2,1-2H3. The van der Waals surface area contributed by atoms with E-state index in [4.69, 9.17) is 0 Å². The number of aliphatic hydroxyl groups excluding tert-OH is 1. The summed E-state index contributed by atoms with van der Waals surface area (Å²) in [5.74, 6) is 0. The second-order valence-electron chi connectivity index (χ2n) is 5.81. The van der Waals surface area contributed by atoms with E-state index in [2.05, 4.69) is 48.3 Å². The smallest absolute Gasteiger partial charge is 0.0541 e. The number of benzene rings is 1. The van der Waals surface area contributed by atoms with Gasteiger partial charge in [-0.2, -0.15) is 0 Å². The number of nitrogens with one attached hydrogen (secondary N) is 1. The second-order valence-corrected chi connectivity index (χ2v) is 5.81. The number of hydrogen-bond donors (Lipinski definition) is 2. The molecular formula is C17H28N2O. The Morgan fingerprint density at radius 2 is 1.85 bits per heavy atom. The van der Waals surface area contributed by atoms with Gasteiger partial charge in [-0.05, 0) is 56.5 Å². The van der Waals surface area contributed by atoms with E-state index in [1.54, 1.807) is 0 Å². The molecule has 0 amide bonds. The first-order valence-corrected chi connectivity index (χ1v) is 7.97. The fraction of sp³-hybridized carbons (Fsp3) is 0.647. The van der Waals surface area contributed by atoms with E-state index in [-0.39, 0.29) is 6.10 Å². The Balaban J connectivity index is 1.92. The maximum atomic E-state index is 9.56. The van der Waals surface area contributed by atoms with Crippen LogP contribution in [0.25, 0.3) is 0 Å². The highest BCUT2D eigenvalue weighted by Crippen LogP contribution is 2.22. The molecule has 20 heavy (non-hydrogen) atoms. The Morgan fingerprint density at radius 1 is 1.15 bits per heavy atom. The number of nitrogens with zero attached hydrogens (tertiary/aromatic N) is 1. The first-order valence-electron chi connectivity index (χ1n) is 7.97. The van der Waals surface area contributed by atoms with Crippen molar-refractivity contribution in [1.29, 1.82) is 0 Å². The van der Waals surface area contributed by atoms with Crippen LogP contribution in [0.2, 0.25) is 0 Å². The quantitative estimate of drug-likeness (QED) is 0.837. The van der Waals surface area contributed by atoms with Crippen molar-refractivity contribution in [3.05, 3.63) is 29.8 Å². The molecular weight excluding hydrogens is 248 g/mol. The van der Waals surface area contributed by atoms with Crippen LogP contribution >= 0.6 is 0 Å². The molecule has 1 aromatic rings. The first kappa shape index (κ1) is 15.3. The molecule has 0 spiro atoms. The lowest BCUT2D eigenvalue weighted by Gasteiger charge is -2.27. The van der Waals surface area contributed by atoms with Crippen LogP contribution in [-0.4, -0.2) is 35.2 Å². The SMILES string of the molecule is CCN(CC)Cc1cccc(NC2CCC(O)CC2)c1. The number of aliphatic hydroxyl groups is 1. The lowest BCUT2D eigenvalue weighted by atomic mass is 9.93. The minimum atomic E-state index is -0.0814. The summed E-state index contributed by atoms with van der Waals surface area (Å²) in [4.78, 5) is 2.43. The van der Waals surface area contributed by atoms with Crippen LogP contribution in [0.3, 0.4) is 0 Å². The van der Waals surface area contributed by atoms with Gasteiger partial charge in [-0.25, -0.2) is 0 Å². The molecule has 1 aromatic carbocycles. The summed E-state index contributed by atoms with van der Waals surface area (Å²) in [5, 5.41) is 13.2. The van der Waals surface area contributed by atoms with Gasteiger partial charge in [0.1, 0.15) is 0 Å². The largest absolute Gasteiger partial charge is 0.393 e. The average Bonchev–Trinajstić information content (AvgIpc) is 2.47. The predicted molar refractivity (Wildman–Crippen MR) is 85.0 cm³/mol. The Hall–Kier alpha value is -1.06. The van der Waals surface area contributed by atoms with E-state index in [1.165, 1.54) is 11.3 Å². The van der Waals surface area contributed by atoms with E-state index < -0.39 is 0 Å². The third kappa shape index (κ3) is 4.50. The highest BCUT2D eigenvalue weighted by atomic mass is 16.3. The van der Waals surface area contributed by atoms with Gasteiger partial charge in [-0.1, -0.05) is 26.0 Å². The zero-order chi connectivity index (χ0) is 14.4. The summed E-state index contributed by atoms with van der Waals surface area (Å²) in [6.45, 7) is 7.62. The molecule has 0 radical (unpaired) electrons. The molecule has 0 atom stereocenters. The Kier molecular flexibility index (Phi) is 5.86. The molecule has 0 aliphatic heterocycles. The van der Waals surface area contributed by atoms with Gasteiger partial charge in [0.05, 0.1) is 6.10 Å². The molecule has 0 unspecified atom stereocenters. The minimum Gasteiger partial charge on any atom is -0.393 e. The molecule has 0 saturated heterocycles.